The molecule has 19 heavy (non-hydrogen) atoms. The molecule has 0 saturated heterocycles. The van der Waals surface area contributed by atoms with Crippen LogP contribution in [0.4, 0.5) is 11.4 Å². The molecular weight excluding hydrogens is 250 g/mol. The van der Waals surface area contributed by atoms with E-state index in [4.69, 9.17) is 10.5 Å². The molecular formula is C12H17N3O4. The highest BCUT2D eigenvalue weighted by Gasteiger charge is 2.14. The maximum absolute atomic E-state index is 11.8. The van der Waals surface area contributed by atoms with Gasteiger partial charge in [-0.25, -0.2) is 0 Å². The number of nitro benzene ring substituents is 1. The number of hydrogen-bond donors (Lipinski definition) is 2. The molecule has 104 valence electrons. The number of benzene rings is 1. The molecule has 0 bridgehead atoms. The minimum atomic E-state index is -0.589. The van der Waals surface area contributed by atoms with Crippen LogP contribution in [0.1, 0.15) is 24.2 Å². The number of carbonyl (C=O) groups is 1. The molecule has 0 heterocycles. The van der Waals surface area contributed by atoms with E-state index < -0.39 is 4.92 Å². The normalized spacial score (nSPS) is 11.9. The standard InChI is InChI=1S/C12H17N3O4/c1-3-19-8(2)7-14-12(16)9-4-5-11(15(17)18)10(13)6-9/h4-6,8H,3,7,13H2,1-2H3,(H,14,16). The smallest absolute Gasteiger partial charge is 0.292 e. The zero-order valence-corrected chi connectivity index (χ0v) is 10.9. The first-order chi connectivity index (χ1) is 8.95. The molecule has 0 aromatic heterocycles. The van der Waals surface area contributed by atoms with Crippen LogP contribution in [-0.2, 0) is 4.74 Å². The first-order valence-corrected chi connectivity index (χ1v) is 5.89. The number of ether oxygens (including phenoxy) is 1. The fourth-order valence-corrected chi connectivity index (χ4v) is 1.54. The fraction of sp³-hybridized carbons (Fsp3) is 0.417. The summed E-state index contributed by atoms with van der Waals surface area (Å²) in [5.41, 5.74) is 5.56. The number of anilines is 1. The summed E-state index contributed by atoms with van der Waals surface area (Å²) in [6, 6.07) is 3.88. The summed E-state index contributed by atoms with van der Waals surface area (Å²) in [6.07, 6.45) is -0.0932. The highest BCUT2D eigenvalue weighted by molar-refractivity contribution is 5.95. The summed E-state index contributed by atoms with van der Waals surface area (Å²) < 4.78 is 5.27. The number of nitrogens with two attached hydrogens (primary N) is 1. The average Bonchev–Trinajstić information content (AvgIpc) is 2.35. The van der Waals surface area contributed by atoms with Crippen molar-refractivity contribution in [3.63, 3.8) is 0 Å². The van der Waals surface area contributed by atoms with E-state index in [2.05, 4.69) is 5.32 Å². The molecule has 0 radical (unpaired) electrons. The van der Waals surface area contributed by atoms with Gasteiger partial charge < -0.3 is 15.8 Å². The Morgan fingerprint density at radius 1 is 1.58 bits per heavy atom. The number of nitro groups is 1. The topological polar surface area (TPSA) is 107 Å². The summed E-state index contributed by atoms with van der Waals surface area (Å²) in [6.45, 7) is 4.65. The van der Waals surface area contributed by atoms with E-state index in [1.807, 2.05) is 13.8 Å². The van der Waals surface area contributed by atoms with Crippen molar-refractivity contribution in [2.45, 2.75) is 20.0 Å². The van der Waals surface area contributed by atoms with Crippen molar-refractivity contribution in [2.75, 3.05) is 18.9 Å². The lowest BCUT2D eigenvalue weighted by Gasteiger charge is -2.12. The third kappa shape index (κ3) is 4.22. The van der Waals surface area contributed by atoms with Gasteiger partial charge in [0.05, 0.1) is 11.0 Å². The van der Waals surface area contributed by atoms with Crippen LogP contribution in [-0.4, -0.2) is 30.1 Å². The Hall–Kier alpha value is -2.15. The molecule has 0 saturated carbocycles. The molecule has 1 amide bonds. The molecule has 7 nitrogen and oxygen atoms in total. The lowest BCUT2D eigenvalue weighted by Crippen LogP contribution is -2.32. The third-order valence-electron chi connectivity index (χ3n) is 2.49. The monoisotopic (exact) mass is 267 g/mol. The Bertz CT molecular complexity index is 476. The van der Waals surface area contributed by atoms with Crippen molar-refractivity contribution in [2.24, 2.45) is 0 Å². The van der Waals surface area contributed by atoms with Crippen molar-refractivity contribution in [3.8, 4) is 0 Å². The highest BCUT2D eigenvalue weighted by Crippen LogP contribution is 2.21. The molecule has 1 aromatic carbocycles. The molecule has 0 spiro atoms. The van der Waals surface area contributed by atoms with Gasteiger partial charge in [-0.3, -0.25) is 14.9 Å². The second-order valence-corrected chi connectivity index (χ2v) is 4.01. The summed E-state index contributed by atoms with van der Waals surface area (Å²) in [5, 5.41) is 13.3. The van der Waals surface area contributed by atoms with E-state index >= 15 is 0 Å². The molecule has 0 aliphatic heterocycles. The van der Waals surface area contributed by atoms with Gasteiger partial charge in [0.25, 0.3) is 11.6 Å². The van der Waals surface area contributed by atoms with Crippen LogP contribution in [0.5, 0.6) is 0 Å². The van der Waals surface area contributed by atoms with E-state index in [1.54, 1.807) is 0 Å². The van der Waals surface area contributed by atoms with E-state index in [9.17, 15) is 14.9 Å². The Kier molecular flexibility index (Phi) is 5.25. The molecule has 0 aliphatic rings. The number of amides is 1. The van der Waals surface area contributed by atoms with Crippen molar-refractivity contribution >= 4 is 17.3 Å². The van der Waals surface area contributed by atoms with Crippen LogP contribution in [0, 0.1) is 10.1 Å². The summed E-state index contributed by atoms with van der Waals surface area (Å²) >= 11 is 0. The summed E-state index contributed by atoms with van der Waals surface area (Å²) in [7, 11) is 0. The number of hydrogen-bond acceptors (Lipinski definition) is 5. The summed E-state index contributed by atoms with van der Waals surface area (Å²) in [4.78, 5) is 21.8. The van der Waals surface area contributed by atoms with Crippen LogP contribution < -0.4 is 11.1 Å². The van der Waals surface area contributed by atoms with Gasteiger partial charge in [-0.2, -0.15) is 0 Å². The van der Waals surface area contributed by atoms with Crippen molar-refractivity contribution in [1.82, 2.24) is 5.32 Å². The van der Waals surface area contributed by atoms with Crippen LogP contribution in [0.2, 0.25) is 0 Å². The van der Waals surface area contributed by atoms with Gasteiger partial charge in [0.2, 0.25) is 0 Å². The number of nitrogens with zero attached hydrogens (tertiary/aromatic N) is 1. The molecule has 1 unspecified atom stereocenters. The lowest BCUT2D eigenvalue weighted by atomic mass is 10.1. The van der Waals surface area contributed by atoms with E-state index in [0.717, 1.165) is 0 Å². The van der Waals surface area contributed by atoms with Gasteiger partial charge in [0.1, 0.15) is 5.69 Å². The van der Waals surface area contributed by atoms with Crippen molar-refractivity contribution < 1.29 is 14.5 Å². The molecule has 1 aromatic rings. The number of rotatable bonds is 6. The predicted molar refractivity (Wildman–Crippen MR) is 70.9 cm³/mol. The van der Waals surface area contributed by atoms with E-state index in [-0.39, 0.29) is 28.9 Å². The highest BCUT2D eigenvalue weighted by atomic mass is 16.6. The van der Waals surface area contributed by atoms with Gasteiger partial charge in [0.15, 0.2) is 0 Å². The van der Waals surface area contributed by atoms with Crippen LogP contribution >= 0.6 is 0 Å². The van der Waals surface area contributed by atoms with Crippen LogP contribution in [0.3, 0.4) is 0 Å². The Morgan fingerprint density at radius 3 is 2.79 bits per heavy atom. The van der Waals surface area contributed by atoms with Crippen LogP contribution in [0.25, 0.3) is 0 Å². The van der Waals surface area contributed by atoms with Gasteiger partial charge in [0, 0.05) is 24.8 Å². The Balaban J connectivity index is 2.68. The van der Waals surface area contributed by atoms with E-state index in [0.29, 0.717) is 13.2 Å². The number of nitrogen functional groups attached to an aromatic ring is 1. The number of carbonyl (C=O) groups excluding carboxylic acids is 1. The lowest BCUT2D eigenvalue weighted by molar-refractivity contribution is -0.383. The van der Waals surface area contributed by atoms with Crippen molar-refractivity contribution in [3.05, 3.63) is 33.9 Å². The third-order valence-corrected chi connectivity index (χ3v) is 2.49. The zero-order valence-electron chi connectivity index (χ0n) is 10.9. The second-order valence-electron chi connectivity index (χ2n) is 4.01. The average molecular weight is 267 g/mol. The number of nitrogens with one attached hydrogen (secondary N) is 1. The van der Waals surface area contributed by atoms with Gasteiger partial charge in [-0.15, -0.1) is 0 Å². The van der Waals surface area contributed by atoms with E-state index in [1.165, 1.54) is 18.2 Å². The maximum atomic E-state index is 11.8. The first-order valence-electron chi connectivity index (χ1n) is 5.89. The molecule has 0 aliphatic carbocycles. The minimum Gasteiger partial charge on any atom is -0.393 e. The fourth-order valence-electron chi connectivity index (χ4n) is 1.54. The zero-order chi connectivity index (χ0) is 14.4. The SMILES string of the molecule is CCOC(C)CNC(=O)c1ccc([N+](=O)[O-])c(N)c1. The molecule has 1 rings (SSSR count). The van der Waals surface area contributed by atoms with Crippen LogP contribution in [0.15, 0.2) is 18.2 Å². The second kappa shape index (κ2) is 6.69. The molecule has 3 N–H and O–H groups in total. The maximum Gasteiger partial charge on any atom is 0.292 e. The molecule has 1 atom stereocenters. The minimum absolute atomic E-state index is 0.0319. The largest absolute Gasteiger partial charge is 0.393 e. The first kappa shape index (κ1) is 14.9. The summed E-state index contributed by atoms with van der Waals surface area (Å²) in [5.74, 6) is -0.340. The Labute approximate surface area is 110 Å². The van der Waals surface area contributed by atoms with Gasteiger partial charge in [-0.05, 0) is 26.0 Å². The quantitative estimate of drug-likeness (QED) is 0.459. The molecule has 0 fully saturated rings. The van der Waals surface area contributed by atoms with Gasteiger partial charge in [-0.1, -0.05) is 0 Å². The Morgan fingerprint density at radius 2 is 2.26 bits per heavy atom. The van der Waals surface area contributed by atoms with Crippen molar-refractivity contribution in [1.29, 1.82) is 0 Å². The van der Waals surface area contributed by atoms with Gasteiger partial charge >= 0.3 is 0 Å². The molecule has 7 heteroatoms. The predicted octanol–water partition coefficient (Wildman–Crippen LogP) is 1.33.